The molecule has 0 aromatic heterocycles. The molecule has 0 saturated carbocycles. The molecular weight excluding hydrogens is 310 g/mol. The van der Waals surface area contributed by atoms with Gasteiger partial charge in [-0.25, -0.2) is 0 Å². The van der Waals surface area contributed by atoms with Crippen LogP contribution >= 0.6 is 11.6 Å². The lowest BCUT2D eigenvalue weighted by atomic mass is 10.1. The van der Waals surface area contributed by atoms with Crippen LogP contribution in [-0.4, -0.2) is 12.0 Å². The minimum absolute atomic E-state index is 0.169. The molecule has 0 fully saturated rings. The maximum atomic E-state index is 12.5. The summed E-state index contributed by atoms with van der Waals surface area (Å²) in [7, 11) is 0. The van der Waals surface area contributed by atoms with E-state index in [1.54, 1.807) is 6.07 Å². The normalized spacial score (nSPS) is 11.9. The Kier molecular flexibility index (Phi) is 5.67. The Balaban J connectivity index is 2.14. The first-order valence-corrected chi connectivity index (χ1v) is 8.10. The average molecular weight is 332 g/mol. The highest BCUT2D eigenvalue weighted by atomic mass is 35.5. The van der Waals surface area contributed by atoms with Gasteiger partial charge in [0, 0.05) is 10.7 Å². The molecule has 3 nitrogen and oxygen atoms in total. The summed E-state index contributed by atoms with van der Waals surface area (Å²) in [5.41, 5.74) is 3.76. The molecule has 0 radical (unpaired) electrons. The van der Waals surface area contributed by atoms with Crippen molar-refractivity contribution >= 4 is 23.2 Å². The summed E-state index contributed by atoms with van der Waals surface area (Å²) in [4.78, 5) is 12.5. The zero-order valence-electron chi connectivity index (χ0n) is 13.9. The molecule has 1 atom stereocenters. The van der Waals surface area contributed by atoms with Gasteiger partial charge in [-0.1, -0.05) is 42.3 Å². The van der Waals surface area contributed by atoms with Crippen molar-refractivity contribution in [2.24, 2.45) is 0 Å². The van der Waals surface area contributed by atoms with Gasteiger partial charge in [-0.2, -0.15) is 0 Å². The largest absolute Gasteiger partial charge is 0.480 e. The molecule has 2 rings (SSSR count). The fourth-order valence-electron chi connectivity index (χ4n) is 2.36. The number of hydrogen-bond acceptors (Lipinski definition) is 2. The van der Waals surface area contributed by atoms with Crippen LogP contribution < -0.4 is 10.1 Å². The van der Waals surface area contributed by atoms with Gasteiger partial charge in [0.15, 0.2) is 6.10 Å². The molecule has 2 aromatic carbocycles. The van der Waals surface area contributed by atoms with Gasteiger partial charge in [0.05, 0.1) is 0 Å². The number of aryl methyl sites for hydroxylation is 2. The molecule has 2 aromatic rings. The van der Waals surface area contributed by atoms with Crippen LogP contribution in [0.1, 0.15) is 30.0 Å². The number of amides is 1. The van der Waals surface area contributed by atoms with Gasteiger partial charge in [0.25, 0.3) is 5.91 Å². The Morgan fingerprint density at radius 1 is 1.22 bits per heavy atom. The second-order valence-corrected chi connectivity index (χ2v) is 6.09. The van der Waals surface area contributed by atoms with Crippen LogP contribution in [0.3, 0.4) is 0 Å². The molecular formula is C19H22ClNO2. The lowest BCUT2D eigenvalue weighted by molar-refractivity contribution is -0.122. The van der Waals surface area contributed by atoms with Crippen LogP contribution in [0.2, 0.25) is 5.02 Å². The fraction of sp³-hybridized carbons (Fsp3) is 0.316. The summed E-state index contributed by atoms with van der Waals surface area (Å²) in [6.07, 6.45) is 0.0356. The summed E-state index contributed by atoms with van der Waals surface area (Å²) in [5.74, 6) is 0.568. The first-order valence-electron chi connectivity index (χ1n) is 7.72. The molecule has 1 N–H and O–H groups in total. The standard InChI is InChI=1S/C19H22ClNO2/c1-5-17(23-18-10-9-12(2)11-13(18)3)19(22)21-16-8-6-7-15(20)14(16)4/h6-11,17H,5H2,1-4H3,(H,21,22)/t17-/m1/s1. The van der Waals surface area contributed by atoms with E-state index in [2.05, 4.69) is 5.32 Å². The average Bonchev–Trinajstić information content (AvgIpc) is 2.51. The molecule has 0 aliphatic heterocycles. The number of anilines is 1. The Bertz CT molecular complexity index is 713. The van der Waals surface area contributed by atoms with Crippen molar-refractivity contribution in [2.75, 3.05) is 5.32 Å². The molecule has 0 heterocycles. The lowest BCUT2D eigenvalue weighted by Gasteiger charge is -2.19. The molecule has 0 aliphatic carbocycles. The van der Waals surface area contributed by atoms with Crippen LogP contribution in [0.4, 0.5) is 5.69 Å². The van der Waals surface area contributed by atoms with Crippen molar-refractivity contribution in [2.45, 2.75) is 40.2 Å². The highest BCUT2D eigenvalue weighted by Crippen LogP contribution is 2.24. The van der Waals surface area contributed by atoms with Crippen LogP contribution in [0, 0.1) is 20.8 Å². The second-order valence-electron chi connectivity index (χ2n) is 5.69. The highest BCUT2D eigenvalue weighted by molar-refractivity contribution is 6.31. The summed E-state index contributed by atoms with van der Waals surface area (Å²) in [6, 6.07) is 11.4. The Hall–Kier alpha value is -2.00. The van der Waals surface area contributed by atoms with Crippen molar-refractivity contribution in [3.8, 4) is 5.75 Å². The number of ether oxygens (including phenoxy) is 1. The van der Waals surface area contributed by atoms with Gasteiger partial charge < -0.3 is 10.1 Å². The first-order chi connectivity index (χ1) is 10.9. The zero-order valence-corrected chi connectivity index (χ0v) is 14.7. The third-order valence-electron chi connectivity index (χ3n) is 3.79. The zero-order chi connectivity index (χ0) is 17.0. The highest BCUT2D eigenvalue weighted by Gasteiger charge is 2.20. The van der Waals surface area contributed by atoms with E-state index in [1.807, 2.05) is 58.0 Å². The predicted octanol–water partition coefficient (Wildman–Crippen LogP) is 5.06. The molecule has 4 heteroatoms. The van der Waals surface area contributed by atoms with Gasteiger partial charge in [-0.05, 0) is 56.5 Å². The molecule has 0 aliphatic rings. The minimum atomic E-state index is -0.546. The monoisotopic (exact) mass is 331 g/mol. The number of halogens is 1. The van der Waals surface area contributed by atoms with Gasteiger partial charge in [-0.15, -0.1) is 0 Å². The maximum Gasteiger partial charge on any atom is 0.265 e. The van der Waals surface area contributed by atoms with E-state index >= 15 is 0 Å². The smallest absolute Gasteiger partial charge is 0.265 e. The minimum Gasteiger partial charge on any atom is -0.480 e. The maximum absolute atomic E-state index is 12.5. The van der Waals surface area contributed by atoms with E-state index in [4.69, 9.17) is 16.3 Å². The molecule has 0 saturated heterocycles. The number of hydrogen-bond donors (Lipinski definition) is 1. The SMILES string of the molecule is CC[C@@H](Oc1ccc(C)cc1C)C(=O)Nc1cccc(Cl)c1C. The molecule has 0 bridgehead atoms. The second kappa shape index (κ2) is 7.51. The number of nitrogens with one attached hydrogen (secondary N) is 1. The van der Waals surface area contributed by atoms with Gasteiger partial charge in [-0.3, -0.25) is 4.79 Å². The van der Waals surface area contributed by atoms with Gasteiger partial charge in [0.2, 0.25) is 0 Å². The van der Waals surface area contributed by atoms with Crippen molar-refractivity contribution in [3.63, 3.8) is 0 Å². The van der Waals surface area contributed by atoms with E-state index in [9.17, 15) is 4.79 Å². The predicted molar refractivity (Wildman–Crippen MR) is 95.4 cm³/mol. The van der Waals surface area contributed by atoms with Crippen LogP contribution in [-0.2, 0) is 4.79 Å². The lowest BCUT2D eigenvalue weighted by Crippen LogP contribution is -2.32. The van der Waals surface area contributed by atoms with E-state index in [1.165, 1.54) is 5.56 Å². The van der Waals surface area contributed by atoms with Crippen molar-refractivity contribution in [1.82, 2.24) is 0 Å². The summed E-state index contributed by atoms with van der Waals surface area (Å²) >= 11 is 6.09. The van der Waals surface area contributed by atoms with E-state index < -0.39 is 6.10 Å². The summed E-state index contributed by atoms with van der Waals surface area (Å²) in [5, 5.41) is 3.54. The summed E-state index contributed by atoms with van der Waals surface area (Å²) < 4.78 is 5.91. The van der Waals surface area contributed by atoms with Crippen molar-refractivity contribution in [3.05, 3.63) is 58.1 Å². The Morgan fingerprint density at radius 3 is 2.61 bits per heavy atom. The number of carbonyl (C=O) groups is 1. The Morgan fingerprint density at radius 2 is 1.96 bits per heavy atom. The first kappa shape index (κ1) is 17.4. The van der Waals surface area contributed by atoms with Gasteiger partial charge >= 0.3 is 0 Å². The summed E-state index contributed by atoms with van der Waals surface area (Å²) in [6.45, 7) is 7.82. The fourth-order valence-corrected chi connectivity index (χ4v) is 2.54. The van der Waals surface area contributed by atoms with Crippen LogP contribution in [0.5, 0.6) is 5.75 Å². The molecule has 23 heavy (non-hydrogen) atoms. The van der Waals surface area contributed by atoms with E-state index in [0.717, 1.165) is 16.9 Å². The molecule has 122 valence electrons. The number of benzene rings is 2. The molecule has 0 spiro atoms. The third-order valence-corrected chi connectivity index (χ3v) is 4.20. The van der Waals surface area contributed by atoms with Crippen LogP contribution in [0.25, 0.3) is 0 Å². The molecule has 0 unspecified atom stereocenters. The topological polar surface area (TPSA) is 38.3 Å². The number of rotatable bonds is 5. The third kappa shape index (κ3) is 4.26. The molecule has 1 amide bonds. The van der Waals surface area contributed by atoms with E-state index in [0.29, 0.717) is 17.1 Å². The Labute approximate surface area is 142 Å². The quantitative estimate of drug-likeness (QED) is 0.831. The van der Waals surface area contributed by atoms with Crippen molar-refractivity contribution < 1.29 is 9.53 Å². The number of carbonyl (C=O) groups excluding carboxylic acids is 1. The van der Waals surface area contributed by atoms with E-state index in [-0.39, 0.29) is 5.91 Å². The van der Waals surface area contributed by atoms with Gasteiger partial charge in [0.1, 0.15) is 5.75 Å². The van der Waals surface area contributed by atoms with Crippen molar-refractivity contribution in [1.29, 1.82) is 0 Å². The van der Waals surface area contributed by atoms with Crippen LogP contribution in [0.15, 0.2) is 36.4 Å².